The lowest BCUT2D eigenvalue weighted by molar-refractivity contribution is -0.122. The van der Waals surface area contributed by atoms with Gasteiger partial charge in [0.25, 0.3) is 11.8 Å². The Hall–Kier alpha value is -3.33. The van der Waals surface area contributed by atoms with Crippen molar-refractivity contribution in [2.45, 2.75) is 26.9 Å². The summed E-state index contributed by atoms with van der Waals surface area (Å²) in [7, 11) is 0. The number of nitrogens with one attached hydrogen (secondary N) is 1. The second kappa shape index (κ2) is 12.0. The number of hydrogen-bond acceptors (Lipinski definition) is 5. The van der Waals surface area contributed by atoms with E-state index in [0.29, 0.717) is 43.9 Å². The summed E-state index contributed by atoms with van der Waals surface area (Å²) >= 11 is 15.6. The number of carbonyl (C=O) groups excluding carboxylic acids is 3. The van der Waals surface area contributed by atoms with Gasteiger partial charge in [0, 0.05) is 0 Å². The Morgan fingerprint density at radius 1 is 0.921 bits per heavy atom. The molecule has 1 aliphatic rings. The Balaban J connectivity index is 1.64. The molecular weight excluding hydrogens is 595 g/mol. The van der Waals surface area contributed by atoms with E-state index in [4.69, 9.17) is 32.7 Å². The molecule has 0 aliphatic carbocycles. The average Bonchev–Trinajstić information content (AvgIpc) is 2.88. The minimum absolute atomic E-state index is 0.192. The van der Waals surface area contributed by atoms with Gasteiger partial charge in [0.15, 0.2) is 11.5 Å². The van der Waals surface area contributed by atoms with Crippen LogP contribution in [0.4, 0.5) is 10.5 Å². The Labute approximate surface area is 238 Å². The third kappa shape index (κ3) is 6.04. The molecule has 3 aromatic rings. The molecule has 0 bridgehead atoms. The number of hydrogen-bond donors (Lipinski definition) is 1. The number of rotatable bonds is 8. The molecule has 1 heterocycles. The summed E-state index contributed by atoms with van der Waals surface area (Å²) in [6.45, 7) is 4.38. The van der Waals surface area contributed by atoms with Crippen molar-refractivity contribution < 1.29 is 23.9 Å². The first kappa shape index (κ1) is 27.7. The van der Waals surface area contributed by atoms with Crippen LogP contribution >= 0.6 is 39.1 Å². The van der Waals surface area contributed by atoms with E-state index in [2.05, 4.69) is 21.2 Å². The van der Waals surface area contributed by atoms with Crippen LogP contribution in [0.2, 0.25) is 10.0 Å². The smallest absolute Gasteiger partial charge is 0.335 e. The van der Waals surface area contributed by atoms with E-state index in [1.165, 1.54) is 6.08 Å². The Morgan fingerprint density at radius 2 is 1.63 bits per heavy atom. The summed E-state index contributed by atoms with van der Waals surface area (Å²) in [6, 6.07) is 14.8. The summed E-state index contributed by atoms with van der Waals surface area (Å²) in [4.78, 5) is 39.4. The molecular formula is C28H23BrCl2N2O5. The topological polar surface area (TPSA) is 84.9 Å². The fourth-order valence-corrected chi connectivity index (χ4v) is 4.69. The number of urea groups is 1. The lowest BCUT2D eigenvalue weighted by Crippen LogP contribution is -2.54. The normalized spacial score (nSPS) is 14.6. The van der Waals surface area contributed by atoms with Crippen LogP contribution in [0.15, 0.2) is 64.6 Å². The summed E-state index contributed by atoms with van der Waals surface area (Å²) in [5, 5.41) is 3.11. The highest BCUT2D eigenvalue weighted by molar-refractivity contribution is 9.10. The number of nitrogens with zero attached hydrogens (tertiary/aromatic N) is 1. The fraction of sp³-hybridized carbons (Fsp3) is 0.179. The van der Waals surface area contributed by atoms with Gasteiger partial charge in [-0.1, -0.05) is 48.3 Å². The zero-order valence-electron chi connectivity index (χ0n) is 20.5. The highest BCUT2D eigenvalue weighted by Gasteiger charge is 2.36. The quantitative estimate of drug-likeness (QED) is 0.218. The second-order valence-corrected chi connectivity index (χ2v) is 9.95. The third-order valence-corrected chi connectivity index (χ3v) is 7.04. The van der Waals surface area contributed by atoms with Gasteiger partial charge in [0.05, 0.1) is 26.8 Å². The zero-order valence-corrected chi connectivity index (χ0v) is 23.6. The molecule has 1 N–H and O–H groups in total. The number of aryl methyl sites for hydroxylation is 1. The predicted molar refractivity (Wildman–Crippen MR) is 151 cm³/mol. The first-order valence-corrected chi connectivity index (χ1v) is 13.3. The molecule has 0 unspecified atom stereocenters. The van der Waals surface area contributed by atoms with E-state index >= 15 is 0 Å². The first-order valence-electron chi connectivity index (χ1n) is 11.7. The molecule has 0 saturated carbocycles. The monoisotopic (exact) mass is 616 g/mol. The Bertz CT molecular complexity index is 1440. The van der Waals surface area contributed by atoms with Gasteiger partial charge in [-0.3, -0.25) is 14.9 Å². The summed E-state index contributed by atoms with van der Waals surface area (Å²) < 4.78 is 12.3. The van der Waals surface area contributed by atoms with Gasteiger partial charge in [-0.05, 0) is 88.4 Å². The van der Waals surface area contributed by atoms with Crippen molar-refractivity contribution in [2.75, 3.05) is 11.5 Å². The van der Waals surface area contributed by atoms with Crippen molar-refractivity contribution in [1.82, 2.24) is 5.32 Å². The molecule has 38 heavy (non-hydrogen) atoms. The minimum atomic E-state index is -0.802. The average molecular weight is 618 g/mol. The minimum Gasteiger partial charge on any atom is -0.490 e. The van der Waals surface area contributed by atoms with E-state index in [1.807, 2.05) is 26.0 Å². The molecule has 4 amide bonds. The van der Waals surface area contributed by atoms with E-state index < -0.39 is 17.8 Å². The van der Waals surface area contributed by atoms with E-state index in [1.54, 1.807) is 42.5 Å². The number of imide groups is 2. The predicted octanol–water partition coefficient (Wildman–Crippen LogP) is 6.96. The molecule has 7 nitrogen and oxygen atoms in total. The van der Waals surface area contributed by atoms with Crippen LogP contribution in [0.1, 0.15) is 30.5 Å². The van der Waals surface area contributed by atoms with Gasteiger partial charge in [0.1, 0.15) is 12.2 Å². The maximum atomic E-state index is 13.3. The molecule has 4 rings (SSSR count). The van der Waals surface area contributed by atoms with E-state index in [0.717, 1.165) is 22.4 Å². The molecule has 0 aromatic heterocycles. The van der Waals surface area contributed by atoms with Crippen molar-refractivity contribution in [1.29, 1.82) is 0 Å². The first-order chi connectivity index (χ1) is 18.2. The van der Waals surface area contributed by atoms with Crippen molar-refractivity contribution in [3.05, 3.63) is 91.4 Å². The van der Waals surface area contributed by atoms with Gasteiger partial charge in [-0.25, -0.2) is 9.69 Å². The highest BCUT2D eigenvalue weighted by Crippen LogP contribution is 2.38. The Morgan fingerprint density at radius 3 is 2.29 bits per heavy atom. The Kier molecular flexibility index (Phi) is 8.76. The van der Waals surface area contributed by atoms with Gasteiger partial charge in [0.2, 0.25) is 0 Å². The molecule has 1 aliphatic heterocycles. The van der Waals surface area contributed by atoms with Crippen LogP contribution in [0.5, 0.6) is 11.5 Å². The largest absolute Gasteiger partial charge is 0.490 e. The van der Waals surface area contributed by atoms with Gasteiger partial charge in [-0.2, -0.15) is 0 Å². The lowest BCUT2D eigenvalue weighted by Gasteiger charge is -2.26. The van der Waals surface area contributed by atoms with Crippen molar-refractivity contribution >= 4 is 68.7 Å². The van der Waals surface area contributed by atoms with Crippen LogP contribution < -0.4 is 19.7 Å². The van der Waals surface area contributed by atoms with Crippen LogP contribution in [0, 0.1) is 0 Å². The van der Waals surface area contributed by atoms with Gasteiger partial charge >= 0.3 is 6.03 Å². The number of carbonyl (C=O) groups is 3. The summed E-state index contributed by atoms with van der Waals surface area (Å²) in [5.41, 5.74) is 2.53. The fourth-order valence-electron chi connectivity index (χ4n) is 3.80. The molecule has 0 radical (unpaired) electrons. The number of barbiturate groups is 1. The zero-order chi connectivity index (χ0) is 27.4. The maximum Gasteiger partial charge on any atom is 0.335 e. The van der Waals surface area contributed by atoms with Gasteiger partial charge in [-0.15, -0.1) is 0 Å². The standard InChI is InChI=1S/C28H23BrCl2N2O5/c1-3-16-5-8-19(9-6-16)33-27(35)20(26(34)32-28(33)36)11-18-12-21(29)25(24(14-18)37-4-2)38-15-17-7-10-22(30)23(31)13-17/h5-14H,3-4,15H2,1-2H3,(H,32,34,36)/b20-11-. The number of anilines is 1. The number of amides is 4. The SMILES string of the molecule is CCOc1cc(/C=C2/C(=O)NC(=O)N(c3ccc(CC)cc3)C2=O)cc(Br)c1OCc1ccc(Cl)c(Cl)c1. The third-order valence-electron chi connectivity index (χ3n) is 5.71. The van der Waals surface area contributed by atoms with Crippen LogP contribution in [-0.2, 0) is 22.6 Å². The van der Waals surface area contributed by atoms with E-state index in [9.17, 15) is 14.4 Å². The van der Waals surface area contributed by atoms with Crippen LogP contribution in [0.3, 0.4) is 0 Å². The maximum absolute atomic E-state index is 13.3. The molecule has 0 spiro atoms. The summed E-state index contributed by atoms with van der Waals surface area (Å²) in [6.07, 6.45) is 2.22. The lowest BCUT2D eigenvalue weighted by atomic mass is 10.1. The molecule has 1 saturated heterocycles. The van der Waals surface area contributed by atoms with Gasteiger partial charge < -0.3 is 9.47 Å². The molecule has 1 fully saturated rings. The van der Waals surface area contributed by atoms with Crippen molar-refractivity contribution in [3.63, 3.8) is 0 Å². The van der Waals surface area contributed by atoms with Crippen molar-refractivity contribution in [2.24, 2.45) is 0 Å². The molecule has 3 aromatic carbocycles. The van der Waals surface area contributed by atoms with E-state index in [-0.39, 0.29) is 12.2 Å². The summed E-state index contributed by atoms with van der Waals surface area (Å²) in [5.74, 6) is -0.666. The molecule has 0 atom stereocenters. The van der Waals surface area contributed by atoms with Crippen LogP contribution in [-0.4, -0.2) is 24.5 Å². The molecule has 196 valence electrons. The van der Waals surface area contributed by atoms with Crippen LogP contribution in [0.25, 0.3) is 6.08 Å². The number of halogens is 3. The van der Waals surface area contributed by atoms with Crippen molar-refractivity contribution in [3.8, 4) is 11.5 Å². The highest BCUT2D eigenvalue weighted by atomic mass is 79.9. The number of ether oxygens (including phenoxy) is 2. The molecule has 10 heteroatoms. The number of benzene rings is 3. The second-order valence-electron chi connectivity index (χ2n) is 8.28.